The zero-order valence-corrected chi connectivity index (χ0v) is 9.25. The van der Waals surface area contributed by atoms with Gasteiger partial charge in [0.15, 0.2) is 0 Å². The molecule has 0 fully saturated rings. The van der Waals surface area contributed by atoms with E-state index in [-0.39, 0.29) is 0 Å². The minimum atomic E-state index is 0.596. The third-order valence-electron chi connectivity index (χ3n) is 2.23. The lowest BCUT2D eigenvalue weighted by Gasteiger charge is -2.07. The Hall–Kier alpha value is -1.92. The Balaban J connectivity index is 2.12. The van der Waals surface area contributed by atoms with Crippen molar-refractivity contribution in [2.24, 2.45) is 0 Å². The van der Waals surface area contributed by atoms with Crippen molar-refractivity contribution in [3.63, 3.8) is 0 Å². The molecule has 0 aliphatic rings. The highest BCUT2D eigenvalue weighted by Crippen LogP contribution is 2.23. The van der Waals surface area contributed by atoms with Gasteiger partial charge in [-0.2, -0.15) is 5.26 Å². The molecule has 0 saturated carbocycles. The van der Waals surface area contributed by atoms with Crippen LogP contribution in [0.5, 0.6) is 0 Å². The van der Waals surface area contributed by atoms with Gasteiger partial charge in [-0.3, -0.25) is 0 Å². The zero-order valence-electron chi connectivity index (χ0n) is 8.50. The predicted octanol–water partition coefficient (Wildman–Crippen LogP) is 3.15. The van der Waals surface area contributed by atoms with Crippen molar-refractivity contribution < 1.29 is 0 Å². The summed E-state index contributed by atoms with van der Waals surface area (Å²) < 4.78 is 0. The van der Waals surface area contributed by atoms with Crippen LogP contribution in [-0.2, 0) is 6.54 Å². The first-order valence-electron chi connectivity index (χ1n) is 4.85. The first-order valence-corrected chi connectivity index (χ1v) is 5.23. The Morgan fingerprint density at radius 2 is 2.25 bits per heavy atom. The van der Waals surface area contributed by atoms with Crippen molar-refractivity contribution >= 4 is 17.3 Å². The van der Waals surface area contributed by atoms with Crippen LogP contribution in [0, 0.1) is 11.3 Å². The quantitative estimate of drug-likeness (QED) is 0.853. The minimum absolute atomic E-state index is 0.596. The van der Waals surface area contributed by atoms with Crippen LogP contribution in [0.1, 0.15) is 11.3 Å². The fourth-order valence-electron chi connectivity index (χ4n) is 1.40. The molecule has 2 N–H and O–H groups in total. The number of hydrogen-bond donors (Lipinski definition) is 2. The summed E-state index contributed by atoms with van der Waals surface area (Å²) in [6, 6.07) is 11.2. The Kier molecular flexibility index (Phi) is 3.13. The fourth-order valence-corrected chi connectivity index (χ4v) is 1.58. The molecule has 0 radical (unpaired) electrons. The van der Waals surface area contributed by atoms with Gasteiger partial charge in [-0.15, -0.1) is 0 Å². The maximum absolute atomic E-state index is 8.78. The molecule has 16 heavy (non-hydrogen) atoms. The first-order chi connectivity index (χ1) is 7.79. The third-order valence-corrected chi connectivity index (χ3v) is 2.56. The summed E-state index contributed by atoms with van der Waals surface area (Å²) in [6.45, 7) is 0.654. The van der Waals surface area contributed by atoms with Crippen molar-refractivity contribution in [1.29, 1.82) is 5.26 Å². The number of aromatic amines is 1. The molecular formula is C12H10ClN3. The maximum atomic E-state index is 8.78. The Morgan fingerprint density at radius 3 is 2.94 bits per heavy atom. The van der Waals surface area contributed by atoms with Gasteiger partial charge in [0.2, 0.25) is 0 Å². The Morgan fingerprint density at radius 1 is 1.38 bits per heavy atom. The predicted molar refractivity (Wildman–Crippen MR) is 64.3 cm³/mol. The smallest absolute Gasteiger partial charge is 0.0992 e. The van der Waals surface area contributed by atoms with Gasteiger partial charge in [0.25, 0.3) is 0 Å². The van der Waals surface area contributed by atoms with Crippen LogP contribution in [0.3, 0.4) is 0 Å². The number of halogens is 1. The molecule has 1 aromatic carbocycles. The van der Waals surface area contributed by atoms with Crippen LogP contribution >= 0.6 is 11.6 Å². The summed E-state index contributed by atoms with van der Waals surface area (Å²) in [6.07, 6.45) is 1.87. The summed E-state index contributed by atoms with van der Waals surface area (Å²) >= 11 is 6.01. The van der Waals surface area contributed by atoms with Gasteiger partial charge >= 0.3 is 0 Å². The molecule has 0 unspecified atom stereocenters. The van der Waals surface area contributed by atoms with Crippen LogP contribution in [0.2, 0.25) is 5.02 Å². The number of nitriles is 1. The normalized spacial score (nSPS) is 9.75. The van der Waals surface area contributed by atoms with Crippen LogP contribution in [-0.4, -0.2) is 4.98 Å². The molecule has 80 valence electrons. The first kappa shape index (κ1) is 10.6. The molecule has 1 aromatic heterocycles. The average Bonchev–Trinajstić information content (AvgIpc) is 2.81. The van der Waals surface area contributed by atoms with E-state index in [1.54, 1.807) is 18.2 Å². The lowest BCUT2D eigenvalue weighted by atomic mass is 10.2. The van der Waals surface area contributed by atoms with Crippen molar-refractivity contribution in [1.82, 2.24) is 4.98 Å². The zero-order chi connectivity index (χ0) is 11.4. The van der Waals surface area contributed by atoms with Crippen LogP contribution in [0.4, 0.5) is 5.69 Å². The number of hydrogen-bond acceptors (Lipinski definition) is 2. The second-order valence-electron chi connectivity index (χ2n) is 3.36. The highest BCUT2D eigenvalue weighted by atomic mass is 35.5. The minimum Gasteiger partial charge on any atom is -0.378 e. The standard InChI is InChI=1S/C12H10ClN3/c13-11-4-3-9(7-14)6-12(11)16-8-10-2-1-5-15-10/h1-6,15-16H,8H2. The molecule has 0 spiro atoms. The van der Waals surface area contributed by atoms with E-state index in [4.69, 9.17) is 16.9 Å². The molecule has 2 rings (SSSR count). The number of nitrogens with one attached hydrogen (secondary N) is 2. The van der Waals surface area contributed by atoms with E-state index >= 15 is 0 Å². The van der Waals surface area contributed by atoms with E-state index in [0.29, 0.717) is 17.1 Å². The average molecular weight is 232 g/mol. The molecule has 0 saturated heterocycles. The molecule has 3 nitrogen and oxygen atoms in total. The lowest BCUT2D eigenvalue weighted by molar-refractivity contribution is 1.07. The van der Waals surface area contributed by atoms with Gasteiger partial charge in [-0.1, -0.05) is 11.6 Å². The number of nitrogens with zero attached hydrogens (tertiary/aromatic N) is 1. The van der Waals surface area contributed by atoms with Crippen molar-refractivity contribution in [3.8, 4) is 6.07 Å². The summed E-state index contributed by atoms with van der Waals surface area (Å²) in [5, 5.41) is 12.6. The largest absolute Gasteiger partial charge is 0.378 e. The molecule has 4 heteroatoms. The second-order valence-corrected chi connectivity index (χ2v) is 3.76. The maximum Gasteiger partial charge on any atom is 0.0992 e. The third kappa shape index (κ3) is 2.36. The highest BCUT2D eigenvalue weighted by molar-refractivity contribution is 6.33. The fraction of sp³-hybridized carbons (Fsp3) is 0.0833. The van der Waals surface area contributed by atoms with Gasteiger partial charge < -0.3 is 10.3 Å². The van der Waals surface area contributed by atoms with Gasteiger partial charge in [0.05, 0.1) is 28.9 Å². The summed E-state index contributed by atoms with van der Waals surface area (Å²) in [5.74, 6) is 0. The topological polar surface area (TPSA) is 51.6 Å². The van der Waals surface area contributed by atoms with Gasteiger partial charge in [0, 0.05) is 11.9 Å². The van der Waals surface area contributed by atoms with Crippen molar-refractivity contribution in [3.05, 3.63) is 52.8 Å². The second kappa shape index (κ2) is 4.73. The van der Waals surface area contributed by atoms with Crippen LogP contribution in [0.25, 0.3) is 0 Å². The lowest BCUT2D eigenvalue weighted by Crippen LogP contribution is -2.00. The molecule has 0 atom stereocenters. The molecule has 0 amide bonds. The van der Waals surface area contributed by atoms with Gasteiger partial charge in [0.1, 0.15) is 0 Å². The van der Waals surface area contributed by atoms with E-state index in [0.717, 1.165) is 11.4 Å². The number of aromatic nitrogens is 1. The van der Waals surface area contributed by atoms with Gasteiger partial charge in [-0.05, 0) is 30.3 Å². The van der Waals surface area contributed by atoms with E-state index in [9.17, 15) is 0 Å². The number of rotatable bonds is 3. The Bertz CT molecular complexity index is 512. The molecular weight excluding hydrogens is 222 g/mol. The SMILES string of the molecule is N#Cc1ccc(Cl)c(NCc2ccc[nH]2)c1. The summed E-state index contributed by atoms with van der Waals surface area (Å²) in [4.78, 5) is 3.08. The van der Waals surface area contributed by atoms with Gasteiger partial charge in [-0.25, -0.2) is 0 Å². The van der Waals surface area contributed by atoms with Crippen LogP contribution < -0.4 is 5.32 Å². The van der Waals surface area contributed by atoms with Crippen LogP contribution in [0.15, 0.2) is 36.5 Å². The molecule has 0 aliphatic heterocycles. The molecule has 1 heterocycles. The number of anilines is 1. The molecule has 0 aliphatic carbocycles. The van der Waals surface area contributed by atoms with E-state index in [1.165, 1.54) is 0 Å². The van der Waals surface area contributed by atoms with Crippen molar-refractivity contribution in [2.45, 2.75) is 6.54 Å². The summed E-state index contributed by atoms with van der Waals surface area (Å²) in [5.41, 5.74) is 2.44. The van der Waals surface area contributed by atoms with E-state index in [1.807, 2.05) is 18.3 Å². The molecule has 0 bridgehead atoms. The number of H-pyrrole nitrogens is 1. The van der Waals surface area contributed by atoms with E-state index < -0.39 is 0 Å². The monoisotopic (exact) mass is 231 g/mol. The van der Waals surface area contributed by atoms with E-state index in [2.05, 4.69) is 16.4 Å². The summed E-state index contributed by atoms with van der Waals surface area (Å²) in [7, 11) is 0. The Labute approximate surface area is 98.7 Å². The van der Waals surface area contributed by atoms with Crippen molar-refractivity contribution in [2.75, 3.05) is 5.32 Å². The number of benzene rings is 1. The molecule has 2 aromatic rings. The highest BCUT2D eigenvalue weighted by Gasteiger charge is 2.01.